The molecule has 1 aromatic carbocycles. The van der Waals surface area contributed by atoms with Gasteiger partial charge in [0.05, 0.1) is 25.6 Å². The number of aliphatic carboxylic acids is 2. The van der Waals surface area contributed by atoms with Crippen molar-refractivity contribution in [3.8, 4) is 5.75 Å². The first-order chi connectivity index (χ1) is 31.9. The molecule has 0 unspecified atom stereocenters. The van der Waals surface area contributed by atoms with Crippen molar-refractivity contribution in [2.24, 2.45) is 29.2 Å². The summed E-state index contributed by atoms with van der Waals surface area (Å²) < 4.78 is 0. The molecule has 0 bridgehead atoms. The lowest BCUT2D eigenvalue weighted by atomic mass is 9.99. The van der Waals surface area contributed by atoms with Gasteiger partial charge in [0.1, 0.15) is 42.0 Å². The normalized spacial score (nSPS) is 16.1. The summed E-state index contributed by atoms with van der Waals surface area (Å²) >= 11 is 0. The molecule has 1 aromatic rings. The van der Waals surface area contributed by atoms with E-state index in [1.165, 1.54) is 17.0 Å². The number of hydrogen-bond donors (Lipinski definition) is 12. The fraction of sp³-hybridized carbons (Fsp3) is 0.644. The Bertz CT molecular complexity index is 1910. The summed E-state index contributed by atoms with van der Waals surface area (Å²) in [5.41, 5.74) is 12.4. The van der Waals surface area contributed by atoms with Gasteiger partial charge in [-0.15, -0.1) is 0 Å². The summed E-state index contributed by atoms with van der Waals surface area (Å²) in [5, 5.41) is 46.0. The molecule has 7 atom stereocenters. The molecule has 1 aliphatic rings. The molecular formula is C45H72N10O13. The van der Waals surface area contributed by atoms with Crippen LogP contribution in [0.1, 0.15) is 98.5 Å². The predicted molar refractivity (Wildman–Crippen MR) is 247 cm³/mol. The molecule has 1 aliphatic heterocycles. The summed E-state index contributed by atoms with van der Waals surface area (Å²) in [6.45, 7) is 9.50. The second-order valence-electron chi connectivity index (χ2n) is 18.2. The van der Waals surface area contributed by atoms with Crippen LogP contribution in [0, 0.1) is 17.8 Å². The lowest BCUT2D eigenvalue weighted by molar-refractivity contribution is -0.143. The van der Waals surface area contributed by atoms with Gasteiger partial charge >= 0.3 is 11.9 Å². The Morgan fingerprint density at radius 1 is 0.691 bits per heavy atom. The number of amides is 8. The first-order valence-corrected chi connectivity index (χ1v) is 23.0. The van der Waals surface area contributed by atoms with Crippen LogP contribution >= 0.6 is 0 Å². The third-order valence-corrected chi connectivity index (χ3v) is 11.0. The van der Waals surface area contributed by atoms with Crippen LogP contribution in [0.4, 0.5) is 0 Å². The number of hydrogen-bond acceptors (Lipinski definition) is 13. The first kappa shape index (κ1) is 57.8. The van der Waals surface area contributed by atoms with E-state index in [1.54, 1.807) is 26.0 Å². The van der Waals surface area contributed by atoms with E-state index in [0.29, 0.717) is 31.4 Å². The fourth-order valence-electron chi connectivity index (χ4n) is 7.38. The highest BCUT2D eigenvalue weighted by Crippen LogP contribution is 2.19. The number of rotatable bonds is 29. The number of carboxylic acids is 2. The van der Waals surface area contributed by atoms with Gasteiger partial charge < -0.3 is 68.9 Å². The van der Waals surface area contributed by atoms with Crippen molar-refractivity contribution in [3.05, 3.63) is 29.8 Å². The van der Waals surface area contributed by atoms with Gasteiger partial charge in [0.2, 0.25) is 47.3 Å². The lowest BCUT2D eigenvalue weighted by Crippen LogP contribution is -2.58. The van der Waals surface area contributed by atoms with Crippen LogP contribution in [0.3, 0.4) is 0 Å². The van der Waals surface area contributed by atoms with Gasteiger partial charge in [-0.2, -0.15) is 0 Å². The third kappa shape index (κ3) is 20.2. The topological polar surface area (TPSA) is 371 Å². The fourth-order valence-corrected chi connectivity index (χ4v) is 7.38. The molecule has 14 N–H and O–H groups in total. The van der Waals surface area contributed by atoms with Gasteiger partial charge in [-0.1, -0.05) is 53.7 Å². The highest BCUT2D eigenvalue weighted by Gasteiger charge is 2.37. The van der Waals surface area contributed by atoms with Crippen molar-refractivity contribution in [2.45, 2.75) is 142 Å². The van der Waals surface area contributed by atoms with Crippen molar-refractivity contribution in [1.82, 2.24) is 42.1 Å². The molecule has 23 heteroatoms. The molecule has 0 saturated carbocycles. The van der Waals surface area contributed by atoms with Crippen LogP contribution in [0.25, 0.3) is 0 Å². The Morgan fingerprint density at radius 2 is 1.25 bits per heavy atom. The van der Waals surface area contributed by atoms with E-state index in [4.69, 9.17) is 11.5 Å². The van der Waals surface area contributed by atoms with E-state index in [9.17, 15) is 63.3 Å². The average molecular weight is 961 g/mol. The molecular weight excluding hydrogens is 889 g/mol. The quantitative estimate of drug-likeness (QED) is 0.0400. The van der Waals surface area contributed by atoms with Crippen LogP contribution in [0.15, 0.2) is 24.3 Å². The van der Waals surface area contributed by atoms with Gasteiger partial charge in [-0.3, -0.25) is 43.2 Å². The van der Waals surface area contributed by atoms with Crippen molar-refractivity contribution < 1.29 is 63.3 Å². The second-order valence-corrected chi connectivity index (χ2v) is 18.2. The summed E-state index contributed by atoms with van der Waals surface area (Å²) in [5.74, 6) is -9.50. The Kier molecular flexibility index (Phi) is 24.4. The maximum atomic E-state index is 13.7. The Balaban J connectivity index is 2.08. The number of carboxylic acid groups (broad SMARTS) is 2. The molecule has 380 valence electrons. The Hall–Kier alpha value is -6.36. The standard InChI is InChI=1S/C45H72N10O13/c1-24(2)18-31(52-39(61)29(47)20-27-12-14-28(56)15-13-27)40(62)48-22-35(57)50-33(21-37(59)60)41(63)49-23-36(58)55-17-9-11-34(55)44(66)51-30(10-7-8-16-46)42(64)53-32(19-25(3)4)43(65)54-38(26(5)6)45(67)68/h12-15,24-26,29-34,38,56H,7-11,16-23,46-47H2,1-6H3,(H,48,62)(H,49,63)(H,50,57)(H,51,66)(H,52,61)(H,53,64)(H,54,65)(H,59,60)(H,67,68)/t29-,30-,31-,32-,33-,34-,38-/m0/s1. The van der Waals surface area contributed by atoms with Crippen molar-refractivity contribution >= 4 is 59.2 Å². The minimum Gasteiger partial charge on any atom is -0.508 e. The summed E-state index contributed by atoms with van der Waals surface area (Å²) in [6, 6.07) is -2.35. The van der Waals surface area contributed by atoms with Gasteiger partial charge in [0.25, 0.3) is 0 Å². The van der Waals surface area contributed by atoms with Gasteiger partial charge in [0, 0.05) is 6.54 Å². The number of nitrogens with zero attached hydrogens (tertiary/aromatic N) is 1. The molecule has 2 rings (SSSR count). The SMILES string of the molecule is CC(C)C[C@H](NC(=O)[C@H](CCCCN)NC(=O)[C@@H]1CCCN1C(=O)CNC(=O)[C@H](CC(=O)O)NC(=O)CNC(=O)[C@H](CC(C)C)NC(=O)[C@@H](N)Cc1ccc(O)cc1)C(=O)N[C@H](C(=O)O)C(C)C. The molecule has 0 radical (unpaired) electrons. The zero-order chi connectivity index (χ0) is 51.2. The highest BCUT2D eigenvalue weighted by molar-refractivity contribution is 5.97. The van der Waals surface area contributed by atoms with Crippen molar-refractivity contribution in [3.63, 3.8) is 0 Å². The summed E-state index contributed by atoms with van der Waals surface area (Å²) in [6.07, 6.45) is 1.18. The average Bonchev–Trinajstić information content (AvgIpc) is 3.76. The summed E-state index contributed by atoms with van der Waals surface area (Å²) in [7, 11) is 0. The number of carbonyl (C=O) groups is 10. The van der Waals surface area contributed by atoms with Crippen molar-refractivity contribution in [1.29, 1.82) is 0 Å². The smallest absolute Gasteiger partial charge is 0.326 e. The second kappa shape index (κ2) is 28.7. The lowest BCUT2D eigenvalue weighted by Gasteiger charge is -2.28. The monoisotopic (exact) mass is 961 g/mol. The van der Waals surface area contributed by atoms with Gasteiger partial charge in [-0.25, -0.2) is 4.79 Å². The van der Waals surface area contributed by atoms with Crippen LogP contribution in [-0.2, 0) is 54.4 Å². The number of unbranched alkanes of at least 4 members (excludes halogenated alkanes) is 1. The van der Waals surface area contributed by atoms with Gasteiger partial charge in [-0.05, 0) is 93.4 Å². The number of benzene rings is 1. The number of nitrogens with two attached hydrogens (primary N) is 2. The predicted octanol–water partition coefficient (Wildman–Crippen LogP) is -1.65. The van der Waals surface area contributed by atoms with Crippen LogP contribution in [-0.4, -0.2) is 148 Å². The molecule has 8 amide bonds. The third-order valence-electron chi connectivity index (χ3n) is 11.0. The number of aromatic hydroxyl groups is 1. The minimum absolute atomic E-state index is 0.0379. The first-order valence-electron chi connectivity index (χ1n) is 23.0. The minimum atomic E-state index is -1.69. The van der Waals surface area contributed by atoms with Crippen LogP contribution in [0.2, 0.25) is 0 Å². The van der Waals surface area contributed by atoms with E-state index < -0.39 is 127 Å². The van der Waals surface area contributed by atoms with E-state index in [-0.39, 0.29) is 56.2 Å². The molecule has 0 spiro atoms. The maximum Gasteiger partial charge on any atom is 0.326 e. The van der Waals surface area contributed by atoms with Crippen LogP contribution < -0.4 is 48.7 Å². The number of nitrogens with one attached hydrogen (secondary N) is 7. The molecule has 68 heavy (non-hydrogen) atoms. The van der Waals surface area contributed by atoms with E-state index >= 15 is 0 Å². The number of phenolic OH excluding ortho intramolecular Hbond substituents is 1. The molecule has 1 fully saturated rings. The zero-order valence-electron chi connectivity index (χ0n) is 39.8. The summed E-state index contributed by atoms with van der Waals surface area (Å²) in [4.78, 5) is 131. The van der Waals surface area contributed by atoms with Crippen molar-refractivity contribution in [2.75, 3.05) is 26.2 Å². The number of phenols is 1. The molecule has 0 aromatic heterocycles. The maximum absolute atomic E-state index is 13.7. The van der Waals surface area contributed by atoms with Gasteiger partial charge in [0.15, 0.2) is 0 Å². The molecule has 0 aliphatic carbocycles. The largest absolute Gasteiger partial charge is 0.508 e. The molecule has 23 nitrogen and oxygen atoms in total. The molecule has 1 heterocycles. The van der Waals surface area contributed by atoms with E-state index in [1.807, 2.05) is 27.7 Å². The Labute approximate surface area is 396 Å². The number of likely N-dealkylation sites (tertiary alicyclic amines) is 1. The molecule has 1 saturated heterocycles. The Morgan fingerprint density at radius 3 is 1.81 bits per heavy atom. The van der Waals surface area contributed by atoms with E-state index in [2.05, 4.69) is 37.2 Å². The zero-order valence-corrected chi connectivity index (χ0v) is 39.8. The highest BCUT2D eigenvalue weighted by atomic mass is 16.4. The number of carbonyl (C=O) groups excluding carboxylic acids is 8. The van der Waals surface area contributed by atoms with E-state index in [0.717, 1.165) is 0 Å². The van der Waals surface area contributed by atoms with Crippen LogP contribution in [0.5, 0.6) is 5.75 Å².